The average molecular weight is 395 g/mol. The van der Waals surface area contributed by atoms with Crippen molar-refractivity contribution in [3.05, 3.63) is 41.5 Å². The van der Waals surface area contributed by atoms with E-state index >= 15 is 0 Å². The first kappa shape index (κ1) is 19.7. The van der Waals surface area contributed by atoms with Gasteiger partial charge in [0.2, 0.25) is 5.91 Å². The van der Waals surface area contributed by atoms with Crippen LogP contribution in [0.3, 0.4) is 0 Å². The molecule has 1 aromatic heterocycles. The lowest BCUT2D eigenvalue weighted by molar-refractivity contribution is -0.137. The van der Waals surface area contributed by atoms with E-state index in [-0.39, 0.29) is 36.2 Å². The number of aryl methyl sites for hydroxylation is 1. The Hall–Kier alpha value is -2.06. The van der Waals surface area contributed by atoms with E-state index in [2.05, 4.69) is 25.7 Å². The fraction of sp³-hybridized carbons (Fsp3) is 0.556. The lowest BCUT2D eigenvalue weighted by Gasteiger charge is -2.31. The van der Waals surface area contributed by atoms with E-state index in [0.717, 1.165) is 37.9 Å². The number of nitrogens with one attached hydrogen (secondary N) is 1. The van der Waals surface area contributed by atoms with Crippen molar-refractivity contribution < 1.29 is 9.18 Å². The van der Waals surface area contributed by atoms with Crippen LogP contribution in [0.15, 0.2) is 24.3 Å². The van der Waals surface area contributed by atoms with Gasteiger partial charge in [0.15, 0.2) is 0 Å². The zero-order valence-electron chi connectivity index (χ0n) is 15.2. The number of nitrogens with zero attached hydrogens (tertiary/aromatic N) is 5. The quantitative estimate of drug-likeness (QED) is 0.853. The van der Waals surface area contributed by atoms with Crippen molar-refractivity contribution in [1.82, 2.24) is 30.4 Å². The Morgan fingerprint density at radius 2 is 2.00 bits per heavy atom. The molecule has 3 unspecified atom stereocenters. The van der Waals surface area contributed by atoms with E-state index in [0.29, 0.717) is 12.2 Å². The van der Waals surface area contributed by atoms with Crippen LogP contribution in [-0.2, 0) is 11.2 Å². The molecule has 1 aromatic carbocycles. The summed E-state index contributed by atoms with van der Waals surface area (Å²) in [6, 6.07) is 6.25. The molecule has 7 nitrogen and oxygen atoms in total. The molecule has 2 saturated heterocycles. The number of carbonyl (C=O) groups is 1. The molecule has 3 heterocycles. The van der Waals surface area contributed by atoms with E-state index in [1.54, 1.807) is 23.7 Å². The molecule has 3 atom stereocenters. The summed E-state index contributed by atoms with van der Waals surface area (Å²) in [5, 5.41) is 15.1. The Balaban J connectivity index is 0.00000210. The second kappa shape index (κ2) is 8.31. The molecular formula is C18H24ClFN6O. The summed E-state index contributed by atoms with van der Waals surface area (Å²) in [5.41, 5.74) is 0.889. The molecule has 0 spiro atoms. The number of benzene rings is 1. The summed E-state index contributed by atoms with van der Waals surface area (Å²) in [5.74, 6) is 0.374. The second-order valence-corrected chi connectivity index (χ2v) is 7.14. The molecule has 2 bridgehead atoms. The second-order valence-electron chi connectivity index (χ2n) is 7.14. The van der Waals surface area contributed by atoms with E-state index in [1.807, 2.05) is 0 Å². The van der Waals surface area contributed by atoms with Crippen LogP contribution in [0.1, 0.15) is 36.7 Å². The molecule has 27 heavy (non-hydrogen) atoms. The Morgan fingerprint density at radius 3 is 2.70 bits per heavy atom. The van der Waals surface area contributed by atoms with Crippen LogP contribution in [0.25, 0.3) is 0 Å². The minimum absolute atomic E-state index is 0. The van der Waals surface area contributed by atoms with Crippen molar-refractivity contribution in [3.8, 4) is 0 Å². The Morgan fingerprint density at radius 1 is 1.26 bits per heavy atom. The predicted molar refractivity (Wildman–Crippen MR) is 100 cm³/mol. The highest BCUT2D eigenvalue weighted by molar-refractivity contribution is 5.85. The van der Waals surface area contributed by atoms with Crippen LogP contribution in [0.2, 0.25) is 0 Å². The molecule has 4 rings (SSSR count). The van der Waals surface area contributed by atoms with Crippen LogP contribution in [0.4, 0.5) is 4.39 Å². The first-order chi connectivity index (χ1) is 12.6. The van der Waals surface area contributed by atoms with Gasteiger partial charge in [-0.25, -0.2) is 9.07 Å². The third-order valence-electron chi connectivity index (χ3n) is 5.49. The minimum atomic E-state index is -0.517. The summed E-state index contributed by atoms with van der Waals surface area (Å²) < 4.78 is 14.8. The summed E-state index contributed by atoms with van der Waals surface area (Å²) in [6.45, 7) is 3.57. The van der Waals surface area contributed by atoms with E-state index in [9.17, 15) is 9.18 Å². The van der Waals surface area contributed by atoms with Crippen molar-refractivity contribution in [2.24, 2.45) is 0 Å². The van der Waals surface area contributed by atoms with Gasteiger partial charge in [-0.2, -0.15) is 0 Å². The molecule has 2 aliphatic heterocycles. The van der Waals surface area contributed by atoms with E-state index in [1.165, 1.54) is 12.1 Å². The van der Waals surface area contributed by atoms with Gasteiger partial charge in [-0.3, -0.25) is 4.79 Å². The molecule has 9 heteroatoms. The molecule has 2 aliphatic rings. The van der Waals surface area contributed by atoms with Gasteiger partial charge in [-0.05, 0) is 60.9 Å². The number of rotatable bonds is 4. The number of halogens is 2. The molecule has 0 radical (unpaired) electrons. The number of hydrogen-bond acceptors (Lipinski definition) is 5. The highest BCUT2D eigenvalue weighted by Gasteiger charge is 2.41. The third kappa shape index (κ3) is 3.96. The molecule has 1 amide bonds. The van der Waals surface area contributed by atoms with E-state index < -0.39 is 6.04 Å². The van der Waals surface area contributed by atoms with Crippen LogP contribution in [-0.4, -0.2) is 56.2 Å². The molecular weight excluding hydrogens is 371 g/mol. The maximum atomic E-state index is 13.5. The van der Waals surface area contributed by atoms with Gasteiger partial charge in [-0.15, -0.1) is 17.5 Å². The van der Waals surface area contributed by atoms with Gasteiger partial charge >= 0.3 is 0 Å². The van der Waals surface area contributed by atoms with Gasteiger partial charge in [0.1, 0.15) is 17.7 Å². The average Bonchev–Trinajstić information content (AvgIpc) is 3.15. The van der Waals surface area contributed by atoms with Gasteiger partial charge in [-0.1, -0.05) is 12.1 Å². The molecule has 0 saturated carbocycles. The van der Waals surface area contributed by atoms with Crippen molar-refractivity contribution in [2.75, 3.05) is 13.1 Å². The maximum absolute atomic E-state index is 13.5. The zero-order chi connectivity index (χ0) is 18.1. The number of hydrogen-bond donors (Lipinski definition) is 1. The number of amides is 1. The Kier molecular flexibility index (Phi) is 6.06. The van der Waals surface area contributed by atoms with Gasteiger partial charge < -0.3 is 10.2 Å². The molecule has 2 fully saturated rings. The topological polar surface area (TPSA) is 75.9 Å². The standard InChI is InChI=1S/C18H23FN6O.ClH/c1-12-21-22-23-25(12)17(10-13-2-4-14(19)5-3-13)18(26)24-15-6-7-16(24)11-20-9-8-15;/h2-5,15-17,20H,6-11H2,1H3;1H. The van der Waals surface area contributed by atoms with E-state index in [4.69, 9.17) is 0 Å². The van der Waals surface area contributed by atoms with Crippen LogP contribution in [0.5, 0.6) is 0 Å². The van der Waals surface area contributed by atoms with Gasteiger partial charge in [0.25, 0.3) is 0 Å². The molecule has 2 aromatic rings. The lowest BCUT2D eigenvalue weighted by Crippen LogP contribution is -2.46. The first-order valence-electron chi connectivity index (χ1n) is 9.15. The number of carbonyl (C=O) groups excluding carboxylic acids is 1. The normalized spacial score (nSPS) is 22.8. The van der Waals surface area contributed by atoms with Crippen molar-refractivity contribution in [2.45, 2.75) is 50.7 Å². The molecule has 0 aliphatic carbocycles. The van der Waals surface area contributed by atoms with Crippen molar-refractivity contribution >= 4 is 18.3 Å². The Labute approximate surface area is 163 Å². The maximum Gasteiger partial charge on any atom is 0.248 e. The monoisotopic (exact) mass is 394 g/mol. The summed E-state index contributed by atoms with van der Waals surface area (Å²) >= 11 is 0. The van der Waals surface area contributed by atoms with Crippen LogP contribution < -0.4 is 5.32 Å². The highest BCUT2D eigenvalue weighted by Crippen LogP contribution is 2.31. The summed E-state index contributed by atoms with van der Waals surface area (Å²) in [7, 11) is 0. The number of tetrazole rings is 1. The minimum Gasteiger partial charge on any atom is -0.334 e. The lowest BCUT2D eigenvalue weighted by atomic mass is 10.0. The van der Waals surface area contributed by atoms with Gasteiger partial charge in [0, 0.05) is 25.0 Å². The third-order valence-corrected chi connectivity index (χ3v) is 5.49. The smallest absolute Gasteiger partial charge is 0.248 e. The van der Waals surface area contributed by atoms with Crippen molar-refractivity contribution in [3.63, 3.8) is 0 Å². The summed E-state index contributed by atoms with van der Waals surface area (Å²) in [4.78, 5) is 15.6. The number of fused-ring (bicyclic) bond motifs is 2. The van der Waals surface area contributed by atoms with Gasteiger partial charge in [0.05, 0.1) is 0 Å². The first-order valence-corrected chi connectivity index (χ1v) is 9.15. The Bertz CT molecular complexity index is 768. The summed E-state index contributed by atoms with van der Waals surface area (Å²) in [6.07, 6.45) is 3.49. The fourth-order valence-corrected chi connectivity index (χ4v) is 4.16. The predicted octanol–water partition coefficient (Wildman–Crippen LogP) is 1.68. The number of aromatic nitrogens is 4. The zero-order valence-corrected chi connectivity index (χ0v) is 16.0. The highest BCUT2D eigenvalue weighted by atomic mass is 35.5. The SMILES string of the molecule is Cc1nnnn1C(Cc1ccc(F)cc1)C(=O)N1C2CCNCC1CC2.Cl. The van der Waals surface area contributed by atoms with Crippen molar-refractivity contribution in [1.29, 1.82) is 0 Å². The van der Waals surface area contributed by atoms with Crippen LogP contribution >= 0.6 is 12.4 Å². The van der Waals surface area contributed by atoms with Crippen LogP contribution in [0, 0.1) is 12.7 Å². The molecule has 146 valence electrons. The fourth-order valence-electron chi connectivity index (χ4n) is 4.16. The molecule has 1 N–H and O–H groups in total. The largest absolute Gasteiger partial charge is 0.334 e.